The number of ether oxygens (including phenoxy) is 1. The van der Waals surface area contributed by atoms with Gasteiger partial charge in [-0.15, -0.1) is 23.2 Å². The molecule has 25 heteroatoms. The smallest absolute Gasteiger partial charge is 0.430 e. The second-order valence-corrected chi connectivity index (χ2v) is 21.4. The molecule has 0 saturated heterocycles. The molecular weight excluding hydrogens is 1100 g/mol. The van der Waals surface area contributed by atoms with Gasteiger partial charge in [0, 0.05) is 31.4 Å². The zero-order chi connectivity index (χ0) is 57.7. The number of carbonyl (C=O) groups is 6. The monoisotopic (exact) mass is 1150 g/mol. The minimum absolute atomic E-state index is 0.0793. The molecule has 0 unspecified atom stereocenters. The second kappa shape index (κ2) is 29.3. The Morgan fingerprint density at radius 3 is 1.38 bits per heavy atom. The summed E-state index contributed by atoms with van der Waals surface area (Å²) >= 11 is 9.53. The van der Waals surface area contributed by atoms with E-state index in [1.54, 1.807) is 51.1 Å². The number of ketones is 2. The van der Waals surface area contributed by atoms with Crippen LogP contribution in [0.2, 0.25) is 0 Å². The van der Waals surface area contributed by atoms with Gasteiger partial charge in [0.2, 0.25) is 0 Å². The Balaban J connectivity index is 0.000000349. The summed E-state index contributed by atoms with van der Waals surface area (Å²) in [5.74, 6) is -4.06. The van der Waals surface area contributed by atoms with Gasteiger partial charge in [-0.3, -0.25) is 19.2 Å². The summed E-state index contributed by atoms with van der Waals surface area (Å²) in [6.45, 7) is 7.79. The van der Waals surface area contributed by atoms with Crippen LogP contribution in [0.4, 0.5) is 18.0 Å². The maximum Gasteiger partial charge on any atom is 0.430 e. The molecule has 6 rings (SSSR count). The maximum absolute atomic E-state index is 13.1. The fraction of sp³-hybridized carbons (Fsp3) is 0.269. The number of quaternary nitrogens is 1. The molecule has 6 aromatic rings. The SMILES string of the molecule is CC(=O)c1ccc(-c2cccc(S(=O)(=O)NC(=O)[C@@H]([NH3+])CCc3ccccc3)c2)o1.CC(=O)c1ccc(-c2cccc(S(=O)(=O)NC(=O)[C@H](CCc3ccccc3)NC(=O)OC(C)(C)C)c2)o1.ClCCl.O=C([O-])C(F)(F)F. The Kier molecular flexibility index (Phi) is 24.3. The second-order valence-electron chi connectivity index (χ2n) is 17.3. The van der Waals surface area contributed by atoms with Gasteiger partial charge >= 0.3 is 12.3 Å². The van der Waals surface area contributed by atoms with Gasteiger partial charge in [-0.25, -0.2) is 31.1 Å². The third kappa shape index (κ3) is 22.1. The number of Topliss-reactive ketones (excluding diaryl/α,β-unsaturated/α-hetero) is 2. The highest BCUT2D eigenvalue weighted by Gasteiger charge is 2.30. The molecule has 4 aromatic carbocycles. The van der Waals surface area contributed by atoms with Crippen molar-refractivity contribution in [3.05, 3.63) is 156 Å². The minimum atomic E-state index is -5.19. The summed E-state index contributed by atoms with van der Waals surface area (Å²) in [4.78, 5) is 69.3. The molecule has 0 bridgehead atoms. The number of nitrogens with one attached hydrogen (secondary N) is 3. The first-order chi connectivity index (χ1) is 36.0. The predicted octanol–water partition coefficient (Wildman–Crippen LogP) is 7.40. The van der Waals surface area contributed by atoms with Gasteiger partial charge in [0.15, 0.2) is 29.1 Å². The molecule has 6 N–H and O–H groups in total. The molecule has 2 atom stereocenters. The van der Waals surface area contributed by atoms with Crippen LogP contribution in [0.1, 0.15) is 79.7 Å². The molecule has 18 nitrogen and oxygen atoms in total. The van der Waals surface area contributed by atoms with E-state index < -0.39 is 67.8 Å². The largest absolute Gasteiger partial charge is 0.542 e. The molecule has 0 spiro atoms. The number of sulfonamides is 2. The zero-order valence-electron chi connectivity index (χ0n) is 42.0. The average Bonchev–Trinajstić information content (AvgIpc) is 4.08. The van der Waals surface area contributed by atoms with E-state index in [0.29, 0.717) is 41.9 Å². The number of furan rings is 2. The van der Waals surface area contributed by atoms with E-state index in [2.05, 4.69) is 20.5 Å². The van der Waals surface area contributed by atoms with Crippen molar-refractivity contribution in [3.8, 4) is 22.6 Å². The van der Waals surface area contributed by atoms with Crippen LogP contribution in [0.3, 0.4) is 0 Å². The molecule has 414 valence electrons. The number of carboxylic acids is 1. The summed E-state index contributed by atoms with van der Waals surface area (Å²) in [5, 5.41) is 11.5. The number of aryl methyl sites for hydroxylation is 2. The predicted molar refractivity (Wildman–Crippen MR) is 276 cm³/mol. The summed E-state index contributed by atoms with van der Waals surface area (Å²) in [7, 11) is -8.37. The van der Waals surface area contributed by atoms with E-state index in [9.17, 15) is 54.0 Å². The van der Waals surface area contributed by atoms with Crippen molar-refractivity contribution in [2.24, 2.45) is 0 Å². The van der Waals surface area contributed by atoms with Crippen LogP contribution in [-0.2, 0) is 52.0 Å². The number of rotatable bonds is 17. The zero-order valence-corrected chi connectivity index (χ0v) is 45.2. The van der Waals surface area contributed by atoms with Gasteiger partial charge < -0.3 is 34.5 Å². The molecule has 0 aliphatic heterocycles. The van der Waals surface area contributed by atoms with Crippen molar-refractivity contribution >= 4 is 78.7 Å². The van der Waals surface area contributed by atoms with Crippen LogP contribution in [-0.4, -0.2) is 81.5 Å². The Bertz CT molecular complexity index is 3180. The van der Waals surface area contributed by atoms with Crippen LogP contribution in [0.5, 0.6) is 0 Å². The molecule has 3 amide bonds. The number of alkyl carbamates (subject to hydrolysis) is 1. The normalized spacial score (nSPS) is 12.0. The van der Waals surface area contributed by atoms with E-state index in [4.69, 9.17) is 46.7 Å². The minimum Gasteiger partial charge on any atom is -0.542 e. The van der Waals surface area contributed by atoms with Gasteiger partial charge in [0.25, 0.3) is 31.9 Å². The van der Waals surface area contributed by atoms with E-state index in [1.807, 2.05) is 60.7 Å². The third-order valence-corrected chi connectivity index (χ3v) is 12.7. The molecule has 2 aromatic heterocycles. The van der Waals surface area contributed by atoms with Crippen molar-refractivity contribution in [1.29, 1.82) is 0 Å². The number of benzene rings is 4. The Morgan fingerprint density at radius 2 is 1.01 bits per heavy atom. The van der Waals surface area contributed by atoms with Crippen molar-refractivity contribution < 1.29 is 83.2 Å². The Hall–Kier alpha value is -7.31. The molecule has 0 fully saturated rings. The fourth-order valence-electron chi connectivity index (χ4n) is 6.33. The number of halogens is 5. The first-order valence-electron chi connectivity index (χ1n) is 22.8. The van der Waals surface area contributed by atoms with Gasteiger partial charge in [0.05, 0.1) is 15.1 Å². The van der Waals surface area contributed by atoms with Crippen molar-refractivity contribution in [3.63, 3.8) is 0 Å². The summed E-state index contributed by atoms with van der Waals surface area (Å²) < 4.78 is 103. The highest BCUT2D eigenvalue weighted by molar-refractivity contribution is 7.90. The lowest BCUT2D eigenvalue weighted by atomic mass is 10.1. The molecule has 0 aliphatic rings. The molecule has 77 heavy (non-hydrogen) atoms. The van der Waals surface area contributed by atoms with E-state index in [0.717, 1.165) is 11.1 Å². The highest BCUT2D eigenvalue weighted by atomic mass is 35.5. The van der Waals surface area contributed by atoms with Crippen molar-refractivity contribution in [1.82, 2.24) is 14.8 Å². The number of alkyl halides is 5. The topological polar surface area (TPSA) is 293 Å². The Morgan fingerprint density at radius 1 is 0.623 bits per heavy atom. The van der Waals surface area contributed by atoms with Crippen LogP contribution in [0.25, 0.3) is 22.6 Å². The van der Waals surface area contributed by atoms with Gasteiger partial charge in [-0.1, -0.05) is 84.9 Å². The van der Waals surface area contributed by atoms with E-state index >= 15 is 0 Å². The van der Waals surface area contributed by atoms with Crippen LogP contribution in [0, 0.1) is 0 Å². The van der Waals surface area contributed by atoms with Crippen molar-refractivity contribution in [2.75, 3.05) is 5.34 Å². The van der Waals surface area contributed by atoms with Crippen LogP contribution >= 0.6 is 23.2 Å². The van der Waals surface area contributed by atoms with E-state index in [1.165, 1.54) is 56.3 Å². The molecule has 0 aliphatic carbocycles. The average molecular weight is 1150 g/mol. The maximum atomic E-state index is 13.1. The first-order valence-corrected chi connectivity index (χ1v) is 26.9. The van der Waals surface area contributed by atoms with E-state index in [-0.39, 0.29) is 44.6 Å². The fourth-order valence-corrected chi connectivity index (χ4v) is 8.48. The van der Waals surface area contributed by atoms with Crippen molar-refractivity contribution in [2.45, 2.75) is 94.0 Å². The standard InChI is InChI=1S/C27H30N2O7S.C22H22N2O5S.C2HF3O2.CH2Cl2/c1-18(30)23-15-16-24(35-23)20-11-8-12-21(17-20)37(33,34)29-25(31)22(28-26(32)36-27(2,3)4)14-13-19-9-6-5-7-10-19;1-15(25)20-12-13-21(29-20)17-8-5-9-18(14-17)30(27,28)24-22(26)19(23)11-10-16-6-3-2-4-7-16;3-2(4,5)1(6)7;2-1-3/h5-12,15-17,22H,13-14H2,1-4H3,(H,28,32)(H,29,31);2-9,12-14,19H,10-11,23H2,1H3,(H,24,26);(H,6,7);1H2/t22-;19-;;/m00../s1. The summed E-state index contributed by atoms with van der Waals surface area (Å²) in [6.07, 6.45) is -4.42. The number of aliphatic carboxylic acids is 1. The molecule has 0 saturated carbocycles. The number of carbonyl (C=O) groups excluding carboxylic acids is 6. The highest BCUT2D eigenvalue weighted by Crippen LogP contribution is 2.27. The lowest BCUT2D eigenvalue weighted by Crippen LogP contribution is -2.68. The quantitative estimate of drug-likeness (QED) is 0.0511. The summed E-state index contributed by atoms with van der Waals surface area (Å²) in [6, 6.07) is 35.0. The lowest BCUT2D eigenvalue weighted by Gasteiger charge is -2.23. The van der Waals surface area contributed by atoms with Gasteiger partial charge in [-0.2, -0.15) is 13.2 Å². The first kappa shape index (κ1) is 64.0. The molecular formula is C52H55Cl2F3N4O14S2. The van der Waals surface area contributed by atoms with Gasteiger partial charge in [0.1, 0.15) is 29.1 Å². The summed E-state index contributed by atoms with van der Waals surface area (Å²) in [5.41, 5.74) is 5.86. The Labute approximate surface area is 452 Å². The number of amides is 3. The van der Waals surface area contributed by atoms with Crippen LogP contribution < -0.4 is 25.6 Å². The molecule has 2 heterocycles. The van der Waals surface area contributed by atoms with Crippen LogP contribution in [0.15, 0.2) is 152 Å². The molecule has 0 radical (unpaired) electrons. The van der Waals surface area contributed by atoms with Gasteiger partial charge in [-0.05, 0) is 99.7 Å². The third-order valence-electron chi connectivity index (χ3n) is 10.0. The number of carboxylic acid groups (broad SMARTS) is 1. The number of hydrogen-bond donors (Lipinski definition) is 4. The number of hydrogen-bond acceptors (Lipinski definition) is 14. The lowest BCUT2D eigenvalue weighted by molar-refractivity contribution is -0.404.